The van der Waals surface area contributed by atoms with Crippen molar-refractivity contribution in [2.45, 2.75) is 16.7 Å². The van der Waals surface area contributed by atoms with E-state index in [1.807, 2.05) is 42.5 Å². The Balaban J connectivity index is 1.84. The van der Waals surface area contributed by atoms with Gasteiger partial charge in [0.15, 0.2) is 6.61 Å². The summed E-state index contributed by atoms with van der Waals surface area (Å²) in [6, 6.07) is 23.8. The van der Waals surface area contributed by atoms with E-state index >= 15 is 0 Å². The van der Waals surface area contributed by atoms with Crippen LogP contribution in [0.2, 0.25) is 0 Å². The highest BCUT2D eigenvalue weighted by Crippen LogP contribution is 2.33. The third kappa shape index (κ3) is 8.52. The molecular weight excluding hydrogens is 468 g/mol. The Labute approximate surface area is 206 Å². The maximum Gasteiger partial charge on any atom is 0.413 e. The molecule has 0 aliphatic carbocycles. The van der Waals surface area contributed by atoms with Crippen molar-refractivity contribution >= 4 is 47.0 Å². The van der Waals surface area contributed by atoms with Crippen LogP contribution in [0.25, 0.3) is 0 Å². The minimum Gasteiger partial charge on any atom is -0.484 e. The van der Waals surface area contributed by atoms with Crippen LogP contribution >= 0.6 is 11.8 Å². The second kappa shape index (κ2) is 12.8. The molecule has 3 aromatic rings. The maximum atomic E-state index is 12.4. The predicted octanol–water partition coefficient (Wildman–Crippen LogP) is 4.53. The van der Waals surface area contributed by atoms with Crippen molar-refractivity contribution in [3.63, 3.8) is 0 Å². The van der Waals surface area contributed by atoms with Crippen molar-refractivity contribution < 1.29 is 23.9 Å². The van der Waals surface area contributed by atoms with E-state index in [4.69, 9.17) is 4.74 Å². The number of nitrogens with zero attached hydrogens (tertiary/aromatic N) is 1. The van der Waals surface area contributed by atoms with Gasteiger partial charge in [0.2, 0.25) is 11.9 Å². The predicted molar refractivity (Wildman–Crippen MR) is 135 cm³/mol. The second-order valence-corrected chi connectivity index (χ2v) is 8.15. The number of amides is 3. The van der Waals surface area contributed by atoms with Crippen molar-refractivity contribution in [3.05, 3.63) is 78.9 Å². The van der Waals surface area contributed by atoms with Crippen molar-refractivity contribution in [2.75, 3.05) is 24.4 Å². The number of alkyl carbamates (subject to hydrolysis) is 1. The van der Waals surface area contributed by atoms with E-state index in [9.17, 15) is 14.4 Å². The van der Waals surface area contributed by atoms with Gasteiger partial charge in [-0.3, -0.25) is 14.9 Å². The first kappa shape index (κ1) is 25.3. The second-order valence-electron chi connectivity index (χ2n) is 7.00. The van der Waals surface area contributed by atoms with Gasteiger partial charge in [0.25, 0.3) is 5.91 Å². The molecule has 0 spiro atoms. The topological polar surface area (TPSA) is 118 Å². The Bertz CT molecular complexity index is 1200. The standard InChI is InChI=1S/C25H24N4O5S/c1-17(30)26-21-14-13-20(35-19-11-7-4-8-12-19)15-22(21)27-24(29-25(32)33-2)28-23(31)16-34-18-9-5-3-6-10-18/h3-15H,16H2,1-2H3,(H,26,30)(H2,27,28,29,31,32). The number of hydrogen-bond donors (Lipinski definition) is 3. The molecule has 0 aromatic heterocycles. The maximum absolute atomic E-state index is 12.4. The van der Waals surface area contributed by atoms with Crippen LogP contribution in [0, 0.1) is 0 Å². The van der Waals surface area contributed by atoms with Gasteiger partial charge >= 0.3 is 6.09 Å². The molecule has 3 rings (SSSR count). The van der Waals surface area contributed by atoms with Gasteiger partial charge in [-0.15, -0.1) is 0 Å². The summed E-state index contributed by atoms with van der Waals surface area (Å²) in [5.41, 5.74) is 0.843. The molecule has 0 aliphatic rings. The Morgan fingerprint density at radius 1 is 0.857 bits per heavy atom. The Morgan fingerprint density at radius 3 is 2.20 bits per heavy atom. The molecule has 0 saturated heterocycles. The van der Waals surface area contributed by atoms with Crippen LogP contribution < -0.4 is 20.7 Å². The molecule has 9 nitrogen and oxygen atoms in total. The van der Waals surface area contributed by atoms with Crippen molar-refractivity contribution in [1.29, 1.82) is 0 Å². The molecule has 0 unspecified atom stereocenters. The van der Waals surface area contributed by atoms with Crippen LogP contribution in [0.15, 0.2) is 93.6 Å². The fourth-order valence-corrected chi connectivity index (χ4v) is 3.67. The number of anilines is 2. The molecule has 0 atom stereocenters. The van der Waals surface area contributed by atoms with Crippen LogP contribution in [0.1, 0.15) is 6.92 Å². The molecule has 0 aliphatic heterocycles. The largest absolute Gasteiger partial charge is 0.484 e. The molecule has 3 aromatic carbocycles. The molecule has 0 saturated carbocycles. The van der Waals surface area contributed by atoms with Gasteiger partial charge in [0.05, 0.1) is 18.5 Å². The average Bonchev–Trinajstić information content (AvgIpc) is 2.85. The summed E-state index contributed by atoms with van der Waals surface area (Å²) >= 11 is 1.50. The molecule has 10 heteroatoms. The van der Waals surface area contributed by atoms with Crippen LogP contribution in [0.3, 0.4) is 0 Å². The molecule has 0 fully saturated rings. The SMILES string of the molecule is COC(=O)NC(=NC(=O)COc1ccccc1)Nc1cc(Sc2ccccc2)ccc1NC(C)=O. The summed E-state index contributed by atoms with van der Waals surface area (Å²) < 4.78 is 10.1. The Hall–Kier alpha value is -4.31. The monoisotopic (exact) mass is 492 g/mol. The molecule has 3 amide bonds. The van der Waals surface area contributed by atoms with Gasteiger partial charge in [0.1, 0.15) is 5.75 Å². The summed E-state index contributed by atoms with van der Waals surface area (Å²) in [6.07, 6.45) is -0.830. The minimum atomic E-state index is -0.830. The summed E-state index contributed by atoms with van der Waals surface area (Å²) in [6.45, 7) is 1.03. The van der Waals surface area contributed by atoms with Gasteiger partial charge in [0, 0.05) is 16.7 Å². The number of hydrogen-bond acceptors (Lipinski definition) is 6. The normalized spacial score (nSPS) is 10.7. The minimum absolute atomic E-state index is 0.188. The smallest absolute Gasteiger partial charge is 0.413 e. The highest BCUT2D eigenvalue weighted by atomic mass is 32.2. The quantitative estimate of drug-likeness (QED) is 0.328. The molecule has 0 heterocycles. The number of carbonyl (C=O) groups excluding carboxylic acids is 3. The number of carbonyl (C=O) groups is 3. The van der Waals surface area contributed by atoms with E-state index in [0.29, 0.717) is 17.1 Å². The zero-order valence-electron chi connectivity index (χ0n) is 19.1. The molecule has 0 bridgehead atoms. The van der Waals surface area contributed by atoms with E-state index in [1.54, 1.807) is 36.4 Å². The van der Waals surface area contributed by atoms with E-state index in [2.05, 4.69) is 25.7 Å². The number of guanidine groups is 1. The van der Waals surface area contributed by atoms with E-state index < -0.39 is 12.0 Å². The summed E-state index contributed by atoms with van der Waals surface area (Å²) in [5.74, 6) is -0.621. The lowest BCUT2D eigenvalue weighted by atomic mass is 10.2. The number of ether oxygens (including phenoxy) is 2. The van der Waals surface area contributed by atoms with Crippen LogP contribution in [-0.2, 0) is 14.3 Å². The first-order chi connectivity index (χ1) is 16.9. The third-order valence-corrected chi connectivity index (χ3v) is 5.28. The van der Waals surface area contributed by atoms with Gasteiger partial charge < -0.3 is 20.1 Å². The number of nitrogens with one attached hydrogen (secondary N) is 3. The molecule has 180 valence electrons. The summed E-state index contributed by atoms with van der Waals surface area (Å²) in [4.78, 5) is 41.8. The van der Waals surface area contributed by atoms with Crippen LogP contribution in [-0.4, -0.2) is 37.6 Å². The number of benzene rings is 3. The lowest BCUT2D eigenvalue weighted by Crippen LogP contribution is -2.37. The number of methoxy groups -OCH3 is 1. The molecule has 0 radical (unpaired) electrons. The first-order valence-corrected chi connectivity index (χ1v) is 11.3. The van der Waals surface area contributed by atoms with E-state index in [0.717, 1.165) is 9.79 Å². The zero-order valence-corrected chi connectivity index (χ0v) is 19.9. The Kier molecular flexibility index (Phi) is 9.26. The van der Waals surface area contributed by atoms with Crippen LogP contribution in [0.5, 0.6) is 5.75 Å². The summed E-state index contributed by atoms with van der Waals surface area (Å²) in [7, 11) is 1.19. The molecule has 3 N–H and O–H groups in total. The molecular formula is C25H24N4O5S. The Morgan fingerprint density at radius 2 is 1.54 bits per heavy atom. The van der Waals surface area contributed by atoms with Gasteiger partial charge in [-0.1, -0.05) is 48.2 Å². The first-order valence-electron chi connectivity index (χ1n) is 10.5. The fraction of sp³-hybridized carbons (Fsp3) is 0.120. The zero-order chi connectivity index (χ0) is 25.0. The van der Waals surface area contributed by atoms with E-state index in [1.165, 1.54) is 25.8 Å². The number of aliphatic imine (C=N–C) groups is 1. The van der Waals surface area contributed by atoms with Crippen molar-refractivity contribution in [2.24, 2.45) is 4.99 Å². The van der Waals surface area contributed by atoms with Gasteiger partial charge in [-0.25, -0.2) is 4.79 Å². The fourth-order valence-electron chi connectivity index (χ4n) is 2.79. The third-order valence-electron chi connectivity index (χ3n) is 4.28. The highest BCUT2D eigenvalue weighted by Gasteiger charge is 2.14. The van der Waals surface area contributed by atoms with Crippen LogP contribution in [0.4, 0.5) is 16.2 Å². The highest BCUT2D eigenvalue weighted by molar-refractivity contribution is 7.99. The number of para-hydroxylation sites is 1. The van der Waals surface area contributed by atoms with Crippen molar-refractivity contribution in [3.8, 4) is 5.75 Å². The van der Waals surface area contributed by atoms with E-state index in [-0.39, 0.29) is 18.5 Å². The molecule has 35 heavy (non-hydrogen) atoms. The van der Waals surface area contributed by atoms with Gasteiger partial charge in [-0.05, 0) is 42.5 Å². The average molecular weight is 493 g/mol. The lowest BCUT2D eigenvalue weighted by Gasteiger charge is -2.16. The summed E-state index contributed by atoms with van der Waals surface area (Å²) in [5, 5.41) is 8.00. The number of rotatable bonds is 7. The van der Waals surface area contributed by atoms with Crippen molar-refractivity contribution in [1.82, 2.24) is 5.32 Å². The lowest BCUT2D eigenvalue weighted by molar-refractivity contribution is -0.119. The van der Waals surface area contributed by atoms with Gasteiger partial charge in [-0.2, -0.15) is 4.99 Å².